The van der Waals surface area contributed by atoms with Crippen LogP contribution in [0.3, 0.4) is 0 Å². The van der Waals surface area contributed by atoms with Gasteiger partial charge in [0.25, 0.3) is 5.91 Å². The molecule has 4 aromatic rings. The predicted molar refractivity (Wildman–Crippen MR) is 133 cm³/mol. The Balaban J connectivity index is 0.00000126. The minimum absolute atomic E-state index is 0.252. The second-order valence-electron chi connectivity index (χ2n) is 7.06. The van der Waals surface area contributed by atoms with Gasteiger partial charge in [0.15, 0.2) is 5.82 Å². The van der Waals surface area contributed by atoms with E-state index in [2.05, 4.69) is 20.6 Å². The first-order chi connectivity index (χ1) is 16.3. The summed E-state index contributed by atoms with van der Waals surface area (Å²) >= 11 is 0. The van der Waals surface area contributed by atoms with Gasteiger partial charge < -0.3 is 10.6 Å². The number of benzene rings is 3. The van der Waals surface area contributed by atoms with Crippen molar-refractivity contribution in [3.8, 4) is 11.4 Å². The van der Waals surface area contributed by atoms with Gasteiger partial charge in [0.1, 0.15) is 5.82 Å². The molecule has 0 saturated heterocycles. The van der Waals surface area contributed by atoms with Crippen molar-refractivity contribution in [3.63, 3.8) is 0 Å². The van der Waals surface area contributed by atoms with E-state index in [9.17, 15) is 4.79 Å². The lowest BCUT2D eigenvalue weighted by molar-refractivity contribution is -0.116. The first-order valence-corrected chi connectivity index (χ1v) is 11.0. The van der Waals surface area contributed by atoms with E-state index in [0.717, 1.165) is 28.1 Å². The number of anilines is 2. The van der Waals surface area contributed by atoms with Gasteiger partial charge in [-0.3, -0.25) is 4.79 Å². The largest absolute Gasteiger partial charge is 0.341 e. The van der Waals surface area contributed by atoms with Crippen molar-refractivity contribution >= 4 is 23.1 Å². The number of aliphatic imine (C=N–C) groups is 1. The topological polar surface area (TPSA) is 79.3 Å². The van der Waals surface area contributed by atoms with Crippen molar-refractivity contribution < 1.29 is 4.79 Å². The molecule has 0 saturated carbocycles. The smallest absolute Gasteiger partial charge is 0.269 e. The van der Waals surface area contributed by atoms with Gasteiger partial charge in [0, 0.05) is 22.9 Å². The van der Waals surface area contributed by atoms with Crippen LogP contribution in [0.1, 0.15) is 25.0 Å². The van der Waals surface area contributed by atoms with Crippen molar-refractivity contribution in [1.82, 2.24) is 9.97 Å². The van der Waals surface area contributed by atoms with Crippen LogP contribution < -0.4 is 10.6 Å². The number of aromatic nitrogens is 2. The number of benzodiazepines with no additional fused rings is 1. The zero-order chi connectivity index (χ0) is 23.0. The number of para-hydroxylation sites is 1. The molecule has 0 bridgehead atoms. The lowest BCUT2D eigenvalue weighted by atomic mass is 10.0. The quantitative estimate of drug-likeness (QED) is 0.450. The highest BCUT2D eigenvalue weighted by Gasteiger charge is 2.26. The van der Waals surface area contributed by atoms with Crippen molar-refractivity contribution in [1.29, 1.82) is 0 Å². The van der Waals surface area contributed by atoms with Crippen LogP contribution in [-0.4, -0.2) is 27.8 Å². The van der Waals surface area contributed by atoms with Crippen LogP contribution in [0, 0.1) is 0 Å². The summed E-state index contributed by atoms with van der Waals surface area (Å²) in [6.45, 7) is 4.00. The molecule has 6 heteroatoms. The fourth-order valence-electron chi connectivity index (χ4n) is 3.49. The molecule has 5 rings (SSSR count). The van der Waals surface area contributed by atoms with Crippen molar-refractivity contribution in [3.05, 3.63) is 108 Å². The SMILES string of the molecule is CC.O=C1Nc2ccccc2C(c2ccccc2)=NC1Nc1ccnc(-c2ccccc2)n1. The van der Waals surface area contributed by atoms with E-state index in [1.165, 1.54) is 0 Å². The molecule has 0 radical (unpaired) electrons. The number of hydrogen-bond donors (Lipinski definition) is 2. The van der Waals surface area contributed by atoms with Gasteiger partial charge in [-0.05, 0) is 12.1 Å². The van der Waals surface area contributed by atoms with Crippen molar-refractivity contribution in [2.24, 2.45) is 4.99 Å². The molecule has 2 N–H and O–H groups in total. The van der Waals surface area contributed by atoms with Gasteiger partial charge in [-0.25, -0.2) is 15.0 Å². The summed E-state index contributed by atoms with van der Waals surface area (Å²) in [4.78, 5) is 26.7. The van der Waals surface area contributed by atoms with Gasteiger partial charge >= 0.3 is 0 Å². The van der Waals surface area contributed by atoms with E-state index < -0.39 is 6.17 Å². The Morgan fingerprint density at radius 3 is 2.15 bits per heavy atom. The van der Waals surface area contributed by atoms with Crippen molar-refractivity contribution in [2.75, 3.05) is 10.6 Å². The molecule has 164 valence electrons. The summed E-state index contributed by atoms with van der Waals surface area (Å²) in [5, 5.41) is 6.14. The van der Waals surface area contributed by atoms with E-state index >= 15 is 0 Å². The second-order valence-corrected chi connectivity index (χ2v) is 7.06. The minimum Gasteiger partial charge on any atom is -0.341 e. The number of hydrogen-bond acceptors (Lipinski definition) is 5. The number of nitrogens with zero attached hydrogens (tertiary/aromatic N) is 3. The summed E-state index contributed by atoms with van der Waals surface area (Å²) in [5.74, 6) is 0.851. The maximum atomic E-state index is 13.0. The second kappa shape index (κ2) is 10.3. The highest BCUT2D eigenvalue weighted by Crippen LogP contribution is 2.25. The normalized spacial score (nSPS) is 14.5. The molecule has 1 atom stereocenters. The number of rotatable bonds is 4. The molecule has 33 heavy (non-hydrogen) atoms. The van der Waals surface area contributed by atoms with Crippen LogP contribution in [0.4, 0.5) is 11.5 Å². The first-order valence-electron chi connectivity index (χ1n) is 11.0. The van der Waals surface area contributed by atoms with Crippen LogP contribution >= 0.6 is 0 Å². The number of carbonyl (C=O) groups is 1. The van der Waals surface area contributed by atoms with Gasteiger partial charge in [-0.2, -0.15) is 0 Å². The maximum absolute atomic E-state index is 13.0. The van der Waals surface area contributed by atoms with E-state index in [-0.39, 0.29) is 5.91 Å². The number of carbonyl (C=O) groups excluding carboxylic acids is 1. The molecule has 6 nitrogen and oxygen atoms in total. The number of fused-ring (bicyclic) bond motifs is 1. The van der Waals surface area contributed by atoms with Gasteiger partial charge in [-0.15, -0.1) is 0 Å². The Morgan fingerprint density at radius 2 is 1.42 bits per heavy atom. The summed E-state index contributed by atoms with van der Waals surface area (Å²) < 4.78 is 0. The van der Waals surface area contributed by atoms with E-state index in [0.29, 0.717) is 11.6 Å². The van der Waals surface area contributed by atoms with Gasteiger partial charge in [0.2, 0.25) is 6.17 Å². The molecule has 0 fully saturated rings. The van der Waals surface area contributed by atoms with Crippen LogP contribution in [0.15, 0.2) is 102 Å². The Bertz CT molecular complexity index is 1260. The zero-order valence-electron chi connectivity index (χ0n) is 18.6. The standard InChI is InChI=1S/C25H19N5O.C2H6/c31-25-24(29-21-15-16-26-23(28-21)18-11-5-2-6-12-18)30-22(17-9-3-1-4-10-17)19-13-7-8-14-20(19)27-25;1-2/h1-16,24H,(H,27,31)(H,26,28,29);1-2H3. The fourth-order valence-corrected chi connectivity index (χ4v) is 3.49. The lowest BCUT2D eigenvalue weighted by Gasteiger charge is -2.14. The zero-order valence-corrected chi connectivity index (χ0v) is 18.6. The van der Waals surface area contributed by atoms with Crippen LogP contribution in [-0.2, 0) is 4.79 Å². The molecule has 0 aliphatic carbocycles. The molecule has 0 spiro atoms. The number of amides is 1. The minimum atomic E-state index is -0.846. The summed E-state index contributed by atoms with van der Waals surface area (Å²) in [6, 6.07) is 29.0. The van der Waals surface area contributed by atoms with Gasteiger partial charge in [0.05, 0.1) is 11.4 Å². The van der Waals surface area contributed by atoms with E-state index in [1.54, 1.807) is 12.3 Å². The molecule has 3 aromatic carbocycles. The Kier molecular flexibility index (Phi) is 6.85. The van der Waals surface area contributed by atoms with Gasteiger partial charge in [-0.1, -0.05) is 92.7 Å². The highest BCUT2D eigenvalue weighted by atomic mass is 16.2. The third kappa shape index (κ3) is 4.96. The van der Waals surface area contributed by atoms with E-state index in [4.69, 9.17) is 4.99 Å². The molecule has 1 aromatic heterocycles. The summed E-state index contributed by atoms with van der Waals surface area (Å²) in [5.41, 5.74) is 4.18. The fraction of sp³-hybridized carbons (Fsp3) is 0.111. The highest BCUT2D eigenvalue weighted by molar-refractivity contribution is 6.19. The Hall–Kier alpha value is -4.32. The third-order valence-corrected chi connectivity index (χ3v) is 4.97. The molecule has 1 aliphatic heterocycles. The third-order valence-electron chi connectivity index (χ3n) is 4.97. The average Bonchev–Trinajstić information content (AvgIpc) is 3.03. The Morgan fingerprint density at radius 1 is 0.788 bits per heavy atom. The van der Waals surface area contributed by atoms with Crippen molar-refractivity contribution in [2.45, 2.75) is 20.0 Å². The van der Waals surface area contributed by atoms with Crippen LogP contribution in [0.25, 0.3) is 11.4 Å². The summed E-state index contributed by atoms with van der Waals surface area (Å²) in [7, 11) is 0. The summed E-state index contributed by atoms with van der Waals surface area (Å²) in [6.07, 6.45) is 0.823. The van der Waals surface area contributed by atoms with E-state index in [1.807, 2.05) is 98.8 Å². The monoisotopic (exact) mass is 435 g/mol. The average molecular weight is 436 g/mol. The molecule has 1 amide bonds. The lowest BCUT2D eigenvalue weighted by Crippen LogP contribution is -2.33. The molecule has 2 heterocycles. The van der Waals surface area contributed by atoms with Crippen LogP contribution in [0.5, 0.6) is 0 Å². The molecular weight excluding hydrogens is 410 g/mol. The van der Waals surface area contributed by atoms with Crippen LogP contribution in [0.2, 0.25) is 0 Å². The Labute approximate surface area is 193 Å². The maximum Gasteiger partial charge on any atom is 0.269 e. The molecule has 1 aliphatic rings. The molecule has 1 unspecified atom stereocenters. The first kappa shape index (κ1) is 21.9. The predicted octanol–water partition coefficient (Wildman–Crippen LogP) is 5.40. The number of nitrogens with one attached hydrogen (secondary N) is 2. The molecular formula is C27H25N5O.